The Morgan fingerprint density at radius 3 is 2.44 bits per heavy atom. The van der Waals surface area contributed by atoms with Crippen molar-refractivity contribution < 1.29 is 13.4 Å². The molecule has 1 aromatic heterocycles. The predicted molar refractivity (Wildman–Crippen MR) is 124 cm³/mol. The number of carbonyl (C=O) groups excluding carboxylic acids is 1. The lowest BCUT2D eigenvalue weighted by Gasteiger charge is -2.19. The van der Waals surface area contributed by atoms with Gasteiger partial charge in [0.05, 0.1) is 16.6 Å². The van der Waals surface area contributed by atoms with Gasteiger partial charge in [0.15, 0.2) is 0 Å². The molecule has 0 aliphatic carbocycles. The highest BCUT2D eigenvalue weighted by atomic mass is 32.2. The number of aromatic nitrogens is 2. The number of amides is 1. The van der Waals surface area contributed by atoms with E-state index in [1.54, 1.807) is 29.2 Å². The van der Waals surface area contributed by atoms with E-state index < -0.39 is 16.6 Å². The molecule has 3 heterocycles. The minimum Gasteiger partial charge on any atom is -0.330 e. The van der Waals surface area contributed by atoms with Gasteiger partial charge in [0.1, 0.15) is 5.82 Å². The SMILES string of the molecule is CC.O=C(c1cc(Cc2n[nH]c(=O)c3ccccc23)ccc1F)N1CC2=C(C1)CS(=O)C2. The second-order valence-electron chi connectivity index (χ2n) is 7.63. The summed E-state index contributed by atoms with van der Waals surface area (Å²) < 4.78 is 26.2. The van der Waals surface area contributed by atoms with Crippen molar-refractivity contribution in [1.29, 1.82) is 0 Å². The molecule has 0 saturated carbocycles. The fourth-order valence-electron chi connectivity index (χ4n) is 4.14. The minimum absolute atomic E-state index is 0.0172. The van der Waals surface area contributed by atoms with Gasteiger partial charge in [-0.1, -0.05) is 38.1 Å². The Balaban J connectivity index is 0.00000119. The zero-order valence-corrected chi connectivity index (χ0v) is 18.8. The van der Waals surface area contributed by atoms with E-state index in [1.165, 1.54) is 6.07 Å². The molecule has 0 atom stereocenters. The number of halogens is 1. The zero-order valence-electron chi connectivity index (χ0n) is 18.0. The van der Waals surface area contributed by atoms with Crippen LogP contribution in [0.25, 0.3) is 10.8 Å². The minimum atomic E-state index is -0.867. The number of H-pyrrole nitrogens is 1. The average Bonchev–Trinajstić information content (AvgIpc) is 3.35. The number of carbonyl (C=O) groups is 1. The molecule has 32 heavy (non-hydrogen) atoms. The van der Waals surface area contributed by atoms with Gasteiger partial charge in [-0.2, -0.15) is 5.10 Å². The molecule has 0 unspecified atom stereocenters. The van der Waals surface area contributed by atoms with Gasteiger partial charge < -0.3 is 4.90 Å². The Morgan fingerprint density at radius 1 is 1.09 bits per heavy atom. The largest absolute Gasteiger partial charge is 0.330 e. The molecule has 1 N–H and O–H groups in total. The number of fused-ring (bicyclic) bond motifs is 1. The molecule has 3 aromatic rings. The van der Waals surface area contributed by atoms with Crippen LogP contribution >= 0.6 is 0 Å². The van der Waals surface area contributed by atoms with Crippen molar-refractivity contribution in [1.82, 2.24) is 15.1 Å². The Kier molecular flexibility index (Phi) is 6.32. The van der Waals surface area contributed by atoms with Gasteiger partial charge in [-0.05, 0) is 34.9 Å². The smallest absolute Gasteiger partial charge is 0.272 e. The van der Waals surface area contributed by atoms with Crippen LogP contribution in [-0.2, 0) is 17.2 Å². The van der Waals surface area contributed by atoms with Crippen LogP contribution in [-0.4, -0.2) is 49.8 Å². The first-order chi connectivity index (χ1) is 15.5. The van der Waals surface area contributed by atoms with Crippen LogP contribution in [0.2, 0.25) is 0 Å². The third-order valence-corrected chi connectivity index (χ3v) is 6.97. The third kappa shape index (κ3) is 4.14. The molecule has 8 heteroatoms. The second-order valence-corrected chi connectivity index (χ2v) is 9.09. The number of rotatable bonds is 3. The quantitative estimate of drug-likeness (QED) is 0.618. The van der Waals surface area contributed by atoms with Crippen LogP contribution in [0.15, 0.2) is 58.4 Å². The summed E-state index contributed by atoms with van der Waals surface area (Å²) in [4.78, 5) is 26.6. The molecule has 1 amide bonds. The molecule has 6 nitrogen and oxygen atoms in total. The van der Waals surface area contributed by atoms with E-state index in [9.17, 15) is 18.2 Å². The van der Waals surface area contributed by atoms with Crippen LogP contribution in [0.1, 0.15) is 35.5 Å². The van der Waals surface area contributed by atoms with Gasteiger partial charge in [-0.15, -0.1) is 0 Å². The lowest BCUT2D eigenvalue weighted by molar-refractivity contribution is 0.0791. The van der Waals surface area contributed by atoms with Crippen LogP contribution in [0, 0.1) is 5.82 Å². The summed E-state index contributed by atoms with van der Waals surface area (Å²) in [6.07, 6.45) is 0.353. The number of benzene rings is 2. The van der Waals surface area contributed by atoms with E-state index in [0.29, 0.717) is 42.1 Å². The number of nitrogens with zero attached hydrogens (tertiary/aromatic N) is 2. The Bertz CT molecular complexity index is 1300. The zero-order chi connectivity index (χ0) is 22.8. The van der Waals surface area contributed by atoms with Crippen LogP contribution in [0.5, 0.6) is 0 Å². The number of hydrogen-bond acceptors (Lipinski definition) is 4. The van der Waals surface area contributed by atoms with Gasteiger partial charge in [-0.3, -0.25) is 13.8 Å². The molecule has 2 aliphatic rings. The summed E-state index contributed by atoms with van der Waals surface area (Å²) in [7, 11) is -0.867. The van der Waals surface area contributed by atoms with E-state index >= 15 is 0 Å². The highest BCUT2D eigenvalue weighted by Crippen LogP contribution is 2.27. The van der Waals surface area contributed by atoms with Crippen LogP contribution in [0.4, 0.5) is 4.39 Å². The van der Waals surface area contributed by atoms with Gasteiger partial charge in [0.2, 0.25) is 0 Å². The molecule has 0 saturated heterocycles. The summed E-state index contributed by atoms with van der Waals surface area (Å²) in [6, 6.07) is 11.6. The van der Waals surface area contributed by atoms with Crippen molar-refractivity contribution in [2.45, 2.75) is 20.3 Å². The standard InChI is InChI=1S/C22H18FN3O3S.C2H6/c23-19-6-5-13(8-20-16-3-1-2-4-17(16)21(27)25-24-20)7-18(19)22(28)26-9-14-11-30(29)12-15(14)10-26;1-2/h1-7H,8-12H2,(H,25,27);1-2H3. The molecule has 5 rings (SSSR count). The fraction of sp³-hybridized carbons (Fsp3) is 0.292. The van der Waals surface area contributed by atoms with Gasteiger partial charge in [-0.25, -0.2) is 9.49 Å². The van der Waals surface area contributed by atoms with Crippen molar-refractivity contribution in [3.63, 3.8) is 0 Å². The Morgan fingerprint density at radius 2 is 1.75 bits per heavy atom. The number of nitrogens with one attached hydrogen (secondary N) is 1. The molecule has 0 spiro atoms. The Hall–Kier alpha value is -3.13. The van der Waals surface area contributed by atoms with Crippen molar-refractivity contribution in [2.75, 3.05) is 24.6 Å². The topological polar surface area (TPSA) is 83.1 Å². The molecule has 0 radical (unpaired) electrons. The van der Waals surface area contributed by atoms with Crippen LogP contribution < -0.4 is 5.56 Å². The van der Waals surface area contributed by atoms with Crippen LogP contribution in [0.3, 0.4) is 0 Å². The summed E-state index contributed by atoms with van der Waals surface area (Å²) >= 11 is 0. The summed E-state index contributed by atoms with van der Waals surface area (Å²) in [5, 5.41) is 7.92. The predicted octanol–water partition coefficient (Wildman–Crippen LogP) is 3.19. The molecule has 166 valence electrons. The molecule has 0 fully saturated rings. The maximum atomic E-state index is 14.5. The highest BCUT2D eigenvalue weighted by Gasteiger charge is 2.32. The maximum Gasteiger partial charge on any atom is 0.272 e. The first-order valence-corrected chi connectivity index (χ1v) is 12.1. The highest BCUT2D eigenvalue weighted by molar-refractivity contribution is 7.85. The van der Waals surface area contributed by atoms with E-state index in [-0.39, 0.29) is 17.0 Å². The van der Waals surface area contributed by atoms with E-state index in [0.717, 1.165) is 22.1 Å². The summed E-state index contributed by atoms with van der Waals surface area (Å²) in [5.74, 6) is 0.0756. The average molecular weight is 454 g/mol. The second kappa shape index (κ2) is 9.16. The van der Waals surface area contributed by atoms with Crippen molar-refractivity contribution in [3.8, 4) is 0 Å². The van der Waals surface area contributed by atoms with Crippen molar-refractivity contribution in [2.24, 2.45) is 0 Å². The first-order valence-electron chi connectivity index (χ1n) is 10.6. The van der Waals surface area contributed by atoms with E-state index in [1.807, 2.05) is 26.0 Å². The fourth-order valence-corrected chi connectivity index (χ4v) is 5.61. The normalized spacial score (nSPS) is 15.7. The summed E-state index contributed by atoms with van der Waals surface area (Å²) in [5.41, 5.74) is 3.22. The van der Waals surface area contributed by atoms with Crippen molar-refractivity contribution in [3.05, 3.63) is 86.6 Å². The van der Waals surface area contributed by atoms with Gasteiger partial charge in [0, 0.05) is 47.2 Å². The molecular weight excluding hydrogens is 429 g/mol. The summed E-state index contributed by atoms with van der Waals surface area (Å²) in [6.45, 7) is 4.82. The van der Waals surface area contributed by atoms with E-state index in [2.05, 4.69) is 10.2 Å². The molecule has 2 aliphatic heterocycles. The lowest BCUT2D eigenvalue weighted by Crippen LogP contribution is -2.31. The van der Waals surface area contributed by atoms with Gasteiger partial charge in [0.25, 0.3) is 11.5 Å². The van der Waals surface area contributed by atoms with E-state index in [4.69, 9.17) is 0 Å². The number of aromatic amines is 1. The van der Waals surface area contributed by atoms with Gasteiger partial charge >= 0.3 is 0 Å². The molecule has 0 bridgehead atoms. The first kappa shape index (κ1) is 22.1. The lowest BCUT2D eigenvalue weighted by atomic mass is 10.0. The maximum absolute atomic E-state index is 14.5. The monoisotopic (exact) mass is 453 g/mol. The molecular formula is C24H24FN3O3S. The third-order valence-electron chi connectivity index (χ3n) is 5.63. The number of hydrogen-bond donors (Lipinski definition) is 1. The Labute approximate surface area is 187 Å². The van der Waals surface area contributed by atoms with Crippen molar-refractivity contribution >= 4 is 27.5 Å². The molecule has 2 aromatic carbocycles.